The molecule has 0 spiro atoms. The highest BCUT2D eigenvalue weighted by Gasteiger charge is 2.22. The van der Waals surface area contributed by atoms with Crippen molar-refractivity contribution in [1.29, 1.82) is 0 Å². The highest BCUT2D eigenvalue weighted by molar-refractivity contribution is 7.89. The van der Waals surface area contributed by atoms with Gasteiger partial charge in [0.05, 0.1) is 6.27 Å². The van der Waals surface area contributed by atoms with Crippen molar-refractivity contribution in [1.82, 2.24) is 19.6 Å². The summed E-state index contributed by atoms with van der Waals surface area (Å²) in [5.74, 6) is 1.21. The van der Waals surface area contributed by atoms with Crippen molar-refractivity contribution in [3.8, 4) is 5.75 Å². The molecule has 4 rings (SSSR count). The van der Waals surface area contributed by atoms with E-state index in [1.807, 2.05) is 4.72 Å². The molecule has 2 aromatic carbocycles. The van der Waals surface area contributed by atoms with Crippen molar-refractivity contribution in [3.05, 3.63) is 60.3 Å². The molecule has 2 heterocycles. The smallest absolute Gasteiger partial charge is 0.241 e. The number of hydrogen-bond donors (Lipinski definition) is 3. The number of nitrogens with one attached hydrogen (secondary N) is 3. The van der Waals surface area contributed by atoms with Gasteiger partial charge in [-0.3, -0.25) is 4.90 Å². The van der Waals surface area contributed by atoms with Crippen LogP contribution in [0.5, 0.6) is 5.75 Å². The van der Waals surface area contributed by atoms with E-state index in [0.717, 1.165) is 32.9 Å². The van der Waals surface area contributed by atoms with E-state index in [0.29, 0.717) is 35.1 Å². The van der Waals surface area contributed by atoms with Crippen LogP contribution < -0.4 is 20.1 Å². The minimum Gasteiger partial charge on any atom is -0.492 e. The average molecular weight is 532 g/mol. The van der Waals surface area contributed by atoms with Crippen LogP contribution in [0, 0.1) is 6.92 Å². The van der Waals surface area contributed by atoms with Crippen molar-refractivity contribution >= 4 is 33.2 Å². The molecule has 10 heteroatoms. The summed E-state index contributed by atoms with van der Waals surface area (Å²) in [4.78, 5) is 10.7. The lowest BCUT2D eigenvalue weighted by atomic mass is 10.1. The Balaban J connectivity index is 1.45. The molecular formula is C27H36N6O3S. The van der Waals surface area contributed by atoms with Gasteiger partial charge in [0.1, 0.15) is 18.2 Å². The number of likely N-dealkylation sites (tertiary alicyclic amines) is 1. The Bertz CT molecular complexity index is 1530. The normalized spacial score (nSPS) is 18.8. The Labute approximate surface area is 229 Å². The molecule has 1 atom stereocenters. The van der Waals surface area contributed by atoms with E-state index in [-0.39, 0.29) is 10.8 Å². The number of sulfonamides is 1. The third-order valence-electron chi connectivity index (χ3n) is 5.58. The topological polar surface area (TPSA) is 108 Å². The fourth-order valence-corrected chi connectivity index (χ4v) is 4.98. The van der Waals surface area contributed by atoms with Crippen LogP contribution in [-0.4, -0.2) is 55.0 Å². The number of rotatable bonds is 10. The van der Waals surface area contributed by atoms with Gasteiger partial charge in [-0.2, -0.15) is 4.98 Å². The molecule has 0 aliphatic carbocycles. The Morgan fingerprint density at radius 2 is 1.86 bits per heavy atom. The van der Waals surface area contributed by atoms with E-state index in [9.17, 15) is 8.42 Å². The van der Waals surface area contributed by atoms with Crippen LogP contribution in [0.25, 0.3) is 0 Å². The van der Waals surface area contributed by atoms with Crippen LogP contribution in [0.3, 0.4) is 0 Å². The predicted octanol–water partition coefficient (Wildman–Crippen LogP) is 4.82. The van der Waals surface area contributed by atoms with E-state index in [4.69, 9.17) is 14.3 Å². The first kappa shape index (κ1) is 18.9. The summed E-state index contributed by atoms with van der Waals surface area (Å²) in [5.41, 5.74) is -1.07. The predicted molar refractivity (Wildman–Crippen MR) is 147 cm³/mol. The first-order chi connectivity index (χ1) is 20.5. The van der Waals surface area contributed by atoms with Crippen LogP contribution in [-0.2, 0) is 10.0 Å². The van der Waals surface area contributed by atoms with Crippen molar-refractivity contribution in [3.63, 3.8) is 0 Å². The first-order valence-corrected chi connectivity index (χ1v) is 13.4. The molecule has 1 fully saturated rings. The Hall–Kier alpha value is -3.21. The van der Waals surface area contributed by atoms with Gasteiger partial charge in [0.2, 0.25) is 16.0 Å². The van der Waals surface area contributed by atoms with Crippen LogP contribution in [0.15, 0.2) is 59.6 Å². The first-order valence-electron chi connectivity index (χ1n) is 15.5. The minimum absolute atomic E-state index is 0.260. The van der Waals surface area contributed by atoms with Gasteiger partial charge in [0, 0.05) is 43.4 Å². The van der Waals surface area contributed by atoms with Crippen LogP contribution in [0.2, 0.25) is 0 Å². The molecule has 0 amide bonds. The summed E-state index contributed by atoms with van der Waals surface area (Å²) in [6.07, 6.45) is 3.89. The monoisotopic (exact) mass is 531 g/mol. The minimum atomic E-state index is -4.55. The molecule has 3 N–H and O–H groups in total. The molecule has 1 saturated heterocycles. The van der Waals surface area contributed by atoms with Gasteiger partial charge in [0.25, 0.3) is 0 Å². The van der Waals surface area contributed by atoms with Crippen molar-refractivity contribution in [2.75, 3.05) is 36.9 Å². The molecule has 1 aliphatic rings. The molecular weight excluding hydrogens is 488 g/mol. The van der Waals surface area contributed by atoms with Gasteiger partial charge in [-0.25, -0.2) is 18.1 Å². The molecule has 0 bridgehead atoms. The van der Waals surface area contributed by atoms with Gasteiger partial charge in [-0.05, 0) is 95.9 Å². The lowest BCUT2D eigenvalue weighted by Crippen LogP contribution is -2.40. The molecule has 1 unspecified atom stereocenters. The summed E-state index contributed by atoms with van der Waals surface area (Å²) in [6.45, 7) is -1.82. The molecule has 0 radical (unpaired) electrons. The van der Waals surface area contributed by atoms with Gasteiger partial charge >= 0.3 is 0 Å². The standard InChI is InChI=1S/C27H36N6O3S/c1-20-19-28-26(30-21-10-12-23(13-11-21)36-17-16-33-14-5-6-15-33)31-25(20)29-22-8-7-9-24(18-22)37(34,35)32-27(2,3)4/h7-13,18-19,32H,5-6,14-17H2,1-4H3,(H2,28,29,30,31)/i2D3,3D3,17D. The summed E-state index contributed by atoms with van der Waals surface area (Å²) >= 11 is 0. The second-order valence-corrected chi connectivity index (χ2v) is 10.7. The number of ether oxygens (including phenoxy) is 1. The van der Waals surface area contributed by atoms with Crippen LogP contribution in [0.4, 0.5) is 23.1 Å². The highest BCUT2D eigenvalue weighted by Crippen LogP contribution is 2.24. The zero-order chi connectivity index (χ0) is 32.3. The Morgan fingerprint density at radius 1 is 1.11 bits per heavy atom. The van der Waals surface area contributed by atoms with Gasteiger partial charge < -0.3 is 15.4 Å². The zero-order valence-electron chi connectivity index (χ0n) is 27.8. The fourth-order valence-electron chi connectivity index (χ4n) is 3.78. The van der Waals surface area contributed by atoms with E-state index >= 15 is 0 Å². The lowest BCUT2D eigenvalue weighted by Gasteiger charge is -2.20. The van der Waals surface area contributed by atoms with Crippen molar-refractivity contribution in [2.45, 2.75) is 50.8 Å². The third kappa shape index (κ3) is 7.88. The number of aromatic nitrogens is 2. The number of nitrogens with zero attached hydrogens (tertiary/aromatic N) is 3. The van der Waals surface area contributed by atoms with Crippen LogP contribution >= 0.6 is 0 Å². The number of benzene rings is 2. The summed E-state index contributed by atoms with van der Waals surface area (Å²) in [6, 6.07) is 12.6. The quantitative estimate of drug-likeness (QED) is 0.342. The highest BCUT2D eigenvalue weighted by atomic mass is 32.2. The van der Waals surface area contributed by atoms with Gasteiger partial charge in [-0.1, -0.05) is 6.07 Å². The number of aryl methyl sites for hydroxylation is 1. The summed E-state index contributed by atoms with van der Waals surface area (Å²) in [7, 11) is -4.55. The van der Waals surface area contributed by atoms with E-state index in [1.54, 1.807) is 43.5 Å². The average Bonchev–Trinajstić information content (AvgIpc) is 3.43. The molecule has 9 nitrogen and oxygen atoms in total. The second kappa shape index (κ2) is 11.5. The SMILES string of the molecule is [2H]C(CN1CCCC1)Oc1ccc(Nc2ncc(C)c(Nc3cccc(S(=O)(=O)NC(C)(C([2H])([2H])[2H])C([2H])([2H])[2H])c3)n2)cc1. The maximum absolute atomic E-state index is 13.1. The van der Waals surface area contributed by atoms with Crippen molar-refractivity contribution in [2.24, 2.45) is 0 Å². The largest absolute Gasteiger partial charge is 0.492 e. The van der Waals surface area contributed by atoms with E-state index in [1.165, 1.54) is 18.2 Å². The summed E-state index contributed by atoms with van der Waals surface area (Å²) in [5, 5.41) is 6.14. The Morgan fingerprint density at radius 3 is 2.59 bits per heavy atom. The lowest BCUT2D eigenvalue weighted by molar-refractivity contribution is 0.238. The Kier molecular flexibility index (Phi) is 5.86. The molecule has 37 heavy (non-hydrogen) atoms. The maximum Gasteiger partial charge on any atom is 0.241 e. The van der Waals surface area contributed by atoms with Crippen LogP contribution in [0.1, 0.15) is 48.6 Å². The molecule has 0 saturated carbocycles. The maximum atomic E-state index is 13.1. The fraction of sp³-hybridized carbons (Fsp3) is 0.407. The second-order valence-electron chi connectivity index (χ2n) is 9.05. The molecule has 1 aliphatic heterocycles. The van der Waals surface area contributed by atoms with Crippen molar-refractivity contribution < 1.29 is 22.7 Å². The number of hydrogen-bond acceptors (Lipinski definition) is 8. The van der Waals surface area contributed by atoms with Gasteiger partial charge in [-0.15, -0.1) is 0 Å². The van der Waals surface area contributed by atoms with E-state index in [2.05, 4.69) is 25.5 Å². The molecule has 3 aromatic rings. The zero-order valence-corrected chi connectivity index (χ0v) is 21.6. The third-order valence-corrected chi connectivity index (χ3v) is 7.13. The molecule has 198 valence electrons. The number of anilines is 4. The van der Waals surface area contributed by atoms with Gasteiger partial charge in [0.15, 0.2) is 0 Å². The summed E-state index contributed by atoms with van der Waals surface area (Å²) < 4.78 is 88.1. The molecule has 1 aromatic heterocycles. The van der Waals surface area contributed by atoms with E-state index < -0.39 is 35.8 Å².